The van der Waals surface area contributed by atoms with Crippen molar-refractivity contribution in [2.75, 3.05) is 4.72 Å². The van der Waals surface area contributed by atoms with Crippen molar-refractivity contribution in [3.05, 3.63) is 83.4 Å². The van der Waals surface area contributed by atoms with Gasteiger partial charge in [0.1, 0.15) is 0 Å². The number of aryl methyl sites for hydroxylation is 1. The van der Waals surface area contributed by atoms with Gasteiger partial charge in [-0.25, -0.2) is 16.8 Å². The van der Waals surface area contributed by atoms with Crippen molar-refractivity contribution >= 4 is 37.1 Å². The molecule has 0 bridgehead atoms. The number of nitrogens with one attached hydrogen (secondary N) is 1. The van der Waals surface area contributed by atoms with Crippen LogP contribution in [0.1, 0.15) is 5.56 Å². The summed E-state index contributed by atoms with van der Waals surface area (Å²) >= 11 is 5.81. The van der Waals surface area contributed by atoms with Crippen LogP contribution in [0.25, 0.3) is 0 Å². The second-order valence-corrected chi connectivity index (χ2v) is 9.89. The van der Waals surface area contributed by atoms with Crippen molar-refractivity contribution in [3.8, 4) is 0 Å². The van der Waals surface area contributed by atoms with Crippen LogP contribution in [-0.2, 0) is 19.9 Å². The van der Waals surface area contributed by atoms with Gasteiger partial charge in [-0.3, -0.25) is 4.72 Å². The maximum absolute atomic E-state index is 12.8. The van der Waals surface area contributed by atoms with Gasteiger partial charge < -0.3 is 0 Å². The first-order chi connectivity index (χ1) is 12.7. The summed E-state index contributed by atoms with van der Waals surface area (Å²) in [4.78, 5) is -0.0897. The van der Waals surface area contributed by atoms with E-state index in [1.54, 1.807) is 37.3 Å². The third-order valence-electron chi connectivity index (χ3n) is 3.91. The molecule has 27 heavy (non-hydrogen) atoms. The summed E-state index contributed by atoms with van der Waals surface area (Å²) in [7, 11) is -7.81. The van der Waals surface area contributed by atoms with Gasteiger partial charge in [0.05, 0.1) is 14.7 Å². The Hall–Kier alpha value is -2.35. The molecule has 0 fully saturated rings. The van der Waals surface area contributed by atoms with Crippen molar-refractivity contribution in [2.24, 2.45) is 0 Å². The van der Waals surface area contributed by atoms with E-state index in [-0.39, 0.29) is 14.7 Å². The maximum atomic E-state index is 12.8. The average Bonchev–Trinajstić information content (AvgIpc) is 2.64. The molecule has 0 aliphatic carbocycles. The average molecular weight is 422 g/mol. The Balaban J connectivity index is 2.04. The summed E-state index contributed by atoms with van der Waals surface area (Å²) in [5.74, 6) is 0. The predicted molar refractivity (Wildman–Crippen MR) is 105 cm³/mol. The normalized spacial score (nSPS) is 11.9. The van der Waals surface area contributed by atoms with Gasteiger partial charge in [-0.1, -0.05) is 35.9 Å². The summed E-state index contributed by atoms with van der Waals surface area (Å²) < 4.78 is 53.6. The van der Waals surface area contributed by atoms with Gasteiger partial charge in [-0.15, -0.1) is 0 Å². The van der Waals surface area contributed by atoms with E-state index in [2.05, 4.69) is 4.72 Å². The molecule has 0 heterocycles. The first-order valence-corrected chi connectivity index (χ1v) is 11.2. The fourth-order valence-corrected chi connectivity index (χ4v) is 5.34. The highest BCUT2D eigenvalue weighted by Crippen LogP contribution is 2.27. The second-order valence-electron chi connectivity index (χ2n) is 5.86. The molecule has 8 heteroatoms. The molecule has 0 aliphatic rings. The molecule has 0 aromatic heterocycles. The highest BCUT2D eigenvalue weighted by Gasteiger charge is 2.23. The van der Waals surface area contributed by atoms with E-state index in [9.17, 15) is 16.8 Å². The van der Waals surface area contributed by atoms with Crippen LogP contribution < -0.4 is 4.72 Å². The van der Waals surface area contributed by atoms with Crippen LogP contribution in [0, 0.1) is 6.92 Å². The van der Waals surface area contributed by atoms with Crippen LogP contribution in [0.15, 0.2) is 87.5 Å². The number of sulfonamides is 1. The lowest BCUT2D eigenvalue weighted by Gasteiger charge is -2.12. The Kier molecular flexibility index (Phi) is 5.28. The smallest absolute Gasteiger partial charge is 0.262 e. The zero-order valence-electron chi connectivity index (χ0n) is 14.3. The summed E-state index contributed by atoms with van der Waals surface area (Å²) in [5.41, 5.74) is 0.763. The molecule has 0 unspecified atom stereocenters. The lowest BCUT2D eigenvalue weighted by molar-refractivity contribution is 0.595. The highest BCUT2D eigenvalue weighted by atomic mass is 35.5. The van der Waals surface area contributed by atoms with E-state index >= 15 is 0 Å². The van der Waals surface area contributed by atoms with Crippen molar-refractivity contribution < 1.29 is 16.8 Å². The van der Waals surface area contributed by atoms with Gasteiger partial charge in [0.2, 0.25) is 9.84 Å². The van der Waals surface area contributed by atoms with E-state index in [0.29, 0.717) is 16.3 Å². The lowest BCUT2D eigenvalue weighted by Crippen LogP contribution is -2.15. The van der Waals surface area contributed by atoms with Crippen LogP contribution >= 0.6 is 11.6 Å². The molecule has 3 aromatic carbocycles. The predicted octanol–water partition coefficient (Wildman–Crippen LogP) is 4.28. The molecule has 0 saturated carbocycles. The first kappa shape index (κ1) is 19.4. The van der Waals surface area contributed by atoms with Crippen LogP contribution in [0.2, 0.25) is 5.02 Å². The zero-order chi connectivity index (χ0) is 19.7. The molecule has 0 aliphatic heterocycles. The summed E-state index contributed by atoms with van der Waals surface area (Å²) in [6.07, 6.45) is 0. The van der Waals surface area contributed by atoms with Crippen molar-refractivity contribution in [1.29, 1.82) is 0 Å². The van der Waals surface area contributed by atoms with Crippen LogP contribution in [0.5, 0.6) is 0 Å². The van der Waals surface area contributed by atoms with Gasteiger partial charge in [0.15, 0.2) is 0 Å². The van der Waals surface area contributed by atoms with Crippen LogP contribution in [0.3, 0.4) is 0 Å². The van der Waals surface area contributed by atoms with Gasteiger partial charge in [-0.2, -0.15) is 0 Å². The summed E-state index contributed by atoms with van der Waals surface area (Å²) in [6, 6.07) is 18.1. The van der Waals surface area contributed by atoms with E-state index in [1.807, 2.05) is 0 Å². The molecule has 0 amide bonds. The van der Waals surface area contributed by atoms with Gasteiger partial charge in [-0.05, 0) is 61.0 Å². The maximum Gasteiger partial charge on any atom is 0.262 e. The molecule has 0 atom stereocenters. The number of hydrogen-bond donors (Lipinski definition) is 1. The number of rotatable bonds is 5. The minimum atomic E-state index is -3.98. The molecule has 1 N–H and O–H groups in total. The van der Waals surface area contributed by atoms with Crippen molar-refractivity contribution in [1.82, 2.24) is 0 Å². The number of halogens is 1. The largest absolute Gasteiger partial charge is 0.280 e. The third-order valence-corrected chi connectivity index (χ3v) is 7.45. The Morgan fingerprint density at radius 2 is 1.41 bits per heavy atom. The topological polar surface area (TPSA) is 80.3 Å². The van der Waals surface area contributed by atoms with Crippen LogP contribution in [0.4, 0.5) is 5.69 Å². The molecule has 140 valence electrons. The Labute approximate surface area is 163 Å². The van der Waals surface area contributed by atoms with E-state index in [4.69, 9.17) is 11.6 Å². The van der Waals surface area contributed by atoms with Crippen molar-refractivity contribution in [2.45, 2.75) is 21.6 Å². The molecule has 3 rings (SSSR count). The van der Waals surface area contributed by atoms with E-state index in [0.717, 1.165) is 0 Å². The Morgan fingerprint density at radius 1 is 0.778 bits per heavy atom. The molecule has 0 radical (unpaired) electrons. The fraction of sp³-hybridized carbons (Fsp3) is 0.0526. The zero-order valence-corrected chi connectivity index (χ0v) is 16.6. The molecule has 0 spiro atoms. The molecular weight excluding hydrogens is 406 g/mol. The van der Waals surface area contributed by atoms with Crippen LogP contribution in [-0.4, -0.2) is 16.8 Å². The van der Waals surface area contributed by atoms with Gasteiger partial charge in [0.25, 0.3) is 10.0 Å². The second kappa shape index (κ2) is 7.34. The first-order valence-electron chi connectivity index (χ1n) is 7.89. The highest BCUT2D eigenvalue weighted by molar-refractivity contribution is 7.93. The minimum Gasteiger partial charge on any atom is -0.280 e. The number of hydrogen-bond acceptors (Lipinski definition) is 4. The fourth-order valence-electron chi connectivity index (χ4n) is 2.50. The number of anilines is 1. The number of sulfone groups is 1. The van der Waals surface area contributed by atoms with E-state index in [1.165, 1.54) is 42.5 Å². The summed E-state index contributed by atoms with van der Waals surface area (Å²) in [5, 5.41) is 0.477. The molecule has 3 aromatic rings. The van der Waals surface area contributed by atoms with E-state index < -0.39 is 19.9 Å². The minimum absolute atomic E-state index is 0.0872. The number of benzene rings is 3. The quantitative estimate of drug-likeness (QED) is 0.666. The van der Waals surface area contributed by atoms with Crippen molar-refractivity contribution in [3.63, 3.8) is 0 Å². The lowest BCUT2D eigenvalue weighted by atomic mass is 10.2. The SMILES string of the molecule is Cc1ccc(S(=O)(=O)c2ccccc2)cc1S(=O)(=O)Nc1ccc(Cl)cc1. The van der Waals surface area contributed by atoms with Gasteiger partial charge >= 0.3 is 0 Å². The Morgan fingerprint density at radius 3 is 2.04 bits per heavy atom. The molecule has 5 nitrogen and oxygen atoms in total. The monoisotopic (exact) mass is 421 g/mol. The Bertz CT molecular complexity index is 1170. The molecular formula is C19H16ClNO4S2. The van der Waals surface area contributed by atoms with Gasteiger partial charge in [0, 0.05) is 10.7 Å². The third kappa shape index (κ3) is 4.16. The standard InChI is InChI=1S/C19H16ClNO4S2/c1-14-7-12-18(26(22,23)17-5-3-2-4-6-17)13-19(14)27(24,25)21-16-10-8-15(20)9-11-16/h2-13,21H,1H3. The molecule has 0 saturated heterocycles. The summed E-state index contributed by atoms with van der Waals surface area (Å²) in [6.45, 7) is 1.61.